The maximum Gasteiger partial charge on any atom is 0.255 e. The molecule has 0 spiro atoms. The molecule has 0 aliphatic heterocycles. The topological polar surface area (TPSA) is 67.4 Å². The Labute approximate surface area is 161 Å². The summed E-state index contributed by atoms with van der Waals surface area (Å²) in [4.78, 5) is 25.1. The Morgan fingerprint density at radius 2 is 1.74 bits per heavy atom. The van der Waals surface area contributed by atoms with Gasteiger partial charge in [0.05, 0.1) is 17.9 Å². The average molecular weight is 368 g/mol. The molecule has 0 saturated carbocycles. The quantitative estimate of drug-likeness (QED) is 0.721. The SMILES string of the molecule is CCC(C)NC(=O)c1ccccc1NC(=O)c1cccc(OCC(C)C)c1. The summed E-state index contributed by atoms with van der Waals surface area (Å²) in [5.74, 6) is 0.570. The van der Waals surface area contributed by atoms with Gasteiger partial charge < -0.3 is 15.4 Å². The van der Waals surface area contributed by atoms with Crippen LogP contribution in [0.5, 0.6) is 5.75 Å². The average Bonchev–Trinajstić information content (AvgIpc) is 2.66. The zero-order valence-electron chi connectivity index (χ0n) is 16.4. The molecule has 2 aromatic rings. The highest BCUT2D eigenvalue weighted by molar-refractivity contribution is 6.09. The van der Waals surface area contributed by atoms with Crippen LogP contribution in [0.2, 0.25) is 0 Å². The van der Waals surface area contributed by atoms with Gasteiger partial charge in [-0.15, -0.1) is 0 Å². The third kappa shape index (κ3) is 6.13. The van der Waals surface area contributed by atoms with Gasteiger partial charge in [-0.3, -0.25) is 9.59 Å². The van der Waals surface area contributed by atoms with Crippen molar-refractivity contribution in [3.8, 4) is 5.75 Å². The van der Waals surface area contributed by atoms with Crippen molar-refractivity contribution < 1.29 is 14.3 Å². The molecular formula is C22H28N2O3. The van der Waals surface area contributed by atoms with E-state index < -0.39 is 0 Å². The molecule has 0 saturated heterocycles. The van der Waals surface area contributed by atoms with E-state index in [0.717, 1.165) is 6.42 Å². The molecule has 2 rings (SSSR count). The van der Waals surface area contributed by atoms with Crippen LogP contribution in [0.1, 0.15) is 54.8 Å². The highest BCUT2D eigenvalue weighted by Crippen LogP contribution is 2.19. The lowest BCUT2D eigenvalue weighted by molar-refractivity contribution is 0.0940. The van der Waals surface area contributed by atoms with Crippen LogP contribution in [0.3, 0.4) is 0 Å². The van der Waals surface area contributed by atoms with Gasteiger partial charge in [0, 0.05) is 11.6 Å². The Kier molecular flexibility index (Phi) is 7.41. The van der Waals surface area contributed by atoms with Gasteiger partial charge in [-0.2, -0.15) is 0 Å². The van der Waals surface area contributed by atoms with Crippen molar-refractivity contribution in [2.45, 2.75) is 40.2 Å². The van der Waals surface area contributed by atoms with Gasteiger partial charge in [-0.1, -0.05) is 39.0 Å². The fraction of sp³-hybridized carbons (Fsp3) is 0.364. The molecule has 2 amide bonds. The van der Waals surface area contributed by atoms with Crippen LogP contribution in [0.25, 0.3) is 0 Å². The number of benzene rings is 2. The Balaban J connectivity index is 2.14. The predicted octanol–water partition coefficient (Wildman–Crippen LogP) is 4.50. The van der Waals surface area contributed by atoms with Crippen molar-refractivity contribution in [3.63, 3.8) is 0 Å². The molecule has 1 atom stereocenters. The normalized spacial score (nSPS) is 11.7. The highest BCUT2D eigenvalue weighted by Gasteiger charge is 2.15. The standard InChI is InChI=1S/C22H28N2O3/c1-5-16(4)23-22(26)19-11-6-7-12-20(19)24-21(25)17-9-8-10-18(13-17)27-14-15(2)3/h6-13,15-16H,5,14H2,1-4H3,(H,23,26)(H,24,25). The van der Waals surface area contributed by atoms with Crippen molar-refractivity contribution in [1.82, 2.24) is 5.32 Å². The first-order valence-corrected chi connectivity index (χ1v) is 9.34. The van der Waals surface area contributed by atoms with Gasteiger partial charge >= 0.3 is 0 Å². The van der Waals surface area contributed by atoms with Crippen molar-refractivity contribution in [1.29, 1.82) is 0 Å². The van der Waals surface area contributed by atoms with Crippen molar-refractivity contribution in [2.75, 3.05) is 11.9 Å². The lowest BCUT2D eigenvalue weighted by atomic mass is 10.1. The fourth-order valence-electron chi connectivity index (χ4n) is 2.38. The van der Waals surface area contributed by atoms with Gasteiger partial charge in [0.15, 0.2) is 0 Å². The minimum atomic E-state index is -0.284. The zero-order valence-corrected chi connectivity index (χ0v) is 16.4. The second-order valence-corrected chi connectivity index (χ2v) is 7.02. The summed E-state index contributed by atoms with van der Waals surface area (Å²) in [5.41, 5.74) is 1.41. The first-order chi connectivity index (χ1) is 12.9. The third-order valence-corrected chi connectivity index (χ3v) is 4.09. The number of carbonyl (C=O) groups excluding carboxylic acids is 2. The van der Waals surface area contributed by atoms with Crippen LogP contribution in [0, 0.1) is 5.92 Å². The Morgan fingerprint density at radius 1 is 1.00 bits per heavy atom. The molecule has 5 heteroatoms. The summed E-state index contributed by atoms with van der Waals surface area (Å²) < 4.78 is 5.68. The van der Waals surface area contributed by atoms with Gasteiger partial charge in [0.1, 0.15) is 5.75 Å². The number of amides is 2. The van der Waals surface area contributed by atoms with Crippen LogP contribution in [-0.4, -0.2) is 24.5 Å². The fourth-order valence-corrected chi connectivity index (χ4v) is 2.38. The summed E-state index contributed by atoms with van der Waals surface area (Å²) in [7, 11) is 0. The second kappa shape index (κ2) is 9.76. The van der Waals surface area contributed by atoms with Crippen LogP contribution in [-0.2, 0) is 0 Å². The van der Waals surface area contributed by atoms with Crippen LogP contribution in [0.15, 0.2) is 48.5 Å². The third-order valence-electron chi connectivity index (χ3n) is 4.09. The number of hydrogen-bond acceptors (Lipinski definition) is 3. The molecule has 2 aromatic carbocycles. The monoisotopic (exact) mass is 368 g/mol. The molecule has 144 valence electrons. The van der Waals surface area contributed by atoms with Crippen molar-refractivity contribution >= 4 is 17.5 Å². The second-order valence-electron chi connectivity index (χ2n) is 7.02. The van der Waals surface area contributed by atoms with Gasteiger partial charge in [-0.05, 0) is 49.6 Å². The summed E-state index contributed by atoms with van der Waals surface area (Å²) in [6, 6.07) is 14.1. The number of ether oxygens (including phenoxy) is 1. The molecule has 0 fully saturated rings. The molecule has 0 heterocycles. The summed E-state index contributed by atoms with van der Waals surface area (Å²) in [6.45, 7) is 8.67. The van der Waals surface area contributed by atoms with E-state index >= 15 is 0 Å². The van der Waals surface area contributed by atoms with E-state index in [1.807, 2.05) is 19.9 Å². The smallest absolute Gasteiger partial charge is 0.255 e. The molecule has 2 N–H and O–H groups in total. The minimum Gasteiger partial charge on any atom is -0.493 e. The van der Waals surface area contributed by atoms with Gasteiger partial charge in [-0.25, -0.2) is 0 Å². The lowest BCUT2D eigenvalue weighted by Crippen LogP contribution is -2.32. The van der Waals surface area contributed by atoms with Crippen LogP contribution < -0.4 is 15.4 Å². The Hall–Kier alpha value is -2.82. The number of rotatable bonds is 8. The highest BCUT2D eigenvalue weighted by atomic mass is 16.5. The van der Waals surface area contributed by atoms with E-state index in [2.05, 4.69) is 24.5 Å². The minimum absolute atomic E-state index is 0.0658. The van der Waals surface area contributed by atoms with Crippen LogP contribution >= 0.6 is 0 Å². The Bertz CT molecular complexity index is 787. The number of hydrogen-bond donors (Lipinski definition) is 2. The number of anilines is 1. The zero-order chi connectivity index (χ0) is 19.8. The summed E-state index contributed by atoms with van der Waals surface area (Å²) >= 11 is 0. The predicted molar refractivity (Wildman–Crippen MR) is 108 cm³/mol. The molecule has 0 radical (unpaired) electrons. The van der Waals surface area contributed by atoms with E-state index in [1.54, 1.807) is 42.5 Å². The molecule has 27 heavy (non-hydrogen) atoms. The molecule has 0 aromatic heterocycles. The molecule has 0 aliphatic carbocycles. The number of carbonyl (C=O) groups is 2. The van der Waals surface area contributed by atoms with Gasteiger partial charge in [0.2, 0.25) is 0 Å². The molecule has 1 unspecified atom stereocenters. The van der Waals surface area contributed by atoms with Crippen molar-refractivity contribution in [3.05, 3.63) is 59.7 Å². The molecular weight excluding hydrogens is 340 g/mol. The lowest BCUT2D eigenvalue weighted by Gasteiger charge is -2.15. The number of para-hydroxylation sites is 1. The first kappa shape index (κ1) is 20.5. The molecule has 0 aliphatic rings. The maximum absolute atomic E-state index is 12.7. The van der Waals surface area contributed by atoms with E-state index in [0.29, 0.717) is 35.1 Å². The first-order valence-electron chi connectivity index (χ1n) is 9.34. The van der Waals surface area contributed by atoms with E-state index in [-0.39, 0.29) is 17.9 Å². The van der Waals surface area contributed by atoms with E-state index in [9.17, 15) is 9.59 Å². The summed E-state index contributed by atoms with van der Waals surface area (Å²) in [5, 5.41) is 5.76. The number of nitrogens with one attached hydrogen (secondary N) is 2. The van der Waals surface area contributed by atoms with E-state index in [4.69, 9.17) is 4.74 Å². The van der Waals surface area contributed by atoms with Crippen LogP contribution in [0.4, 0.5) is 5.69 Å². The molecule has 5 nitrogen and oxygen atoms in total. The van der Waals surface area contributed by atoms with Crippen molar-refractivity contribution in [2.24, 2.45) is 5.92 Å². The Morgan fingerprint density at radius 3 is 2.44 bits per heavy atom. The molecule has 0 bridgehead atoms. The van der Waals surface area contributed by atoms with E-state index in [1.165, 1.54) is 0 Å². The van der Waals surface area contributed by atoms with Gasteiger partial charge in [0.25, 0.3) is 11.8 Å². The maximum atomic E-state index is 12.7. The largest absolute Gasteiger partial charge is 0.493 e. The summed E-state index contributed by atoms with van der Waals surface area (Å²) in [6.07, 6.45) is 0.837.